The third-order valence-electron chi connectivity index (χ3n) is 5.70. The Balaban J connectivity index is 1.50. The summed E-state index contributed by atoms with van der Waals surface area (Å²) in [5, 5.41) is 4.22. The fraction of sp³-hybridized carbons (Fsp3) is 0.240. The number of aryl methyl sites for hydroxylation is 3. The highest BCUT2D eigenvalue weighted by Gasteiger charge is 2.23. The zero-order chi connectivity index (χ0) is 22.9. The summed E-state index contributed by atoms with van der Waals surface area (Å²) in [5.41, 5.74) is 3.71. The molecule has 2 aromatic carbocycles. The molecule has 8 heteroatoms. The maximum atomic E-state index is 13.7. The first-order valence-corrected chi connectivity index (χ1v) is 13.4. The second-order valence-electron chi connectivity index (χ2n) is 8.08. The third kappa shape index (κ3) is 4.52. The summed E-state index contributed by atoms with van der Waals surface area (Å²) in [6, 6.07) is 15.3. The number of aromatic nitrogens is 2. The monoisotopic (exact) mass is 539 g/mol. The van der Waals surface area contributed by atoms with Crippen LogP contribution in [0.1, 0.15) is 28.8 Å². The minimum absolute atomic E-state index is 0.0465. The van der Waals surface area contributed by atoms with E-state index in [1.54, 1.807) is 15.9 Å². The van der Waals surface area contributed by atoms with E-state index in [0.29, 0.717) is 5.16 Å². The van der Waals surface area contributed by atoms with Crippen LogP contribution in [0.2, 0.25) is 0 Å². The molecule has 33 heavy (non-hydrogen) atoms. The number of hydrogen-bond donors (Lipinski definition) is 1. The molecule has 5 rings (SSSR count). The van der Waals surface area contributed by atoms with Crippen LogP contribution in [0.5, 0.6) is 0 Å². The van der Waals surface area contributed by atoms with Crippen molar-refractivity contribution < 1.29 is 4.79 Å². The number of anilines is 1. The summed E-state index contributed by atoms with van der Waals surface area (Å²) >= 11 is 6.41. The lowest BCUT2D eigenvalue weighted by molar-refractivity contribution is -0.113. The number of carbonyl (C=O) groups excluding carboxylic acids is 1. The molecule has 2 aromatic heterocycles. The molecular formula is C25H22BrN3O2S2. The number of benzene rings is 2. The van der Waals surface area contributed by atoms with Crippen LogP contribution in [0, 0.1) is 6.92 Å². The minimum Gasteiger partial charge on any atom is -0.324 e. The largest absolute Gasteiger partial charge is 0.324 e. The van der Waals surface area contributed by atoms with Gasteiger partial charge >= 0.3 is 0 Å². The molecule has 1 amide bonds. The zero-order valence-corrected chi connectivity index (χ0v) is 21.3. The van der Waals surface area contributed by atoms with Crippen LogP contribution in [0.4, 0.5) is 5.69 Å². The lowest BCUT2D eigenvalue weighted by atomic mass is 9.97. The van der Waals surface area contributed by atoms with Gasteiger partial charge in [0.05, 0.1) is 22.5 Å². The smallest absolute Gasteiger partial charge is 0.267 e. The van der Waals surface area contributed by atoms with Crippen LogP contribution in [0.15, 0.2) is 63.0 Å². The van der Waals surface area contributed by atoms with Crippen molar-refractivity contribution in [3.8, 4) is 5.69 Å². The number of thioether (sulfide) groups is 1. The molecule has 0 spiro atoms. The molecule has 5 nitrogen and oxygen atoms in total. The Morgan fingerprint density at radius 2 is 1.97 bits per heavy atom. The standard InChI is InChI=1S/C25H22BrN3O2S2/c1-15-11-12-19(18(26)13-15)27-21(30)14-32-25-28-23-22(17-9-5-6-10-20(17)33-23)24(31)29(25)16-7-3-2-4-8-16/h2-4,7-8,11-13H,5-6,9-10,14H2,1H3,(H,27,30). The third-order valence-corrected chi connectivity index (χ3v) is 8.48. The number of nitrogens with one attached hydrogen (secondary N) is 1. The molecule has 0 fully saturated rings. The van der Waals surface area contributed by atoms with Crippen LogP contribution < -0.4 is 10.9 Å². The molecule has 4 aromatic rings. The van der Waals surface area contributed by atoms with Crippen molar-refractivity contribution in [3.63, 3.8) is 0 Å². The van der Waals surface area contributed by atoms with E-state index in [9.17, 15) is 9.59 Å². The normalized spacial score (nSPS) is 13.2. The summed E-state index contributed by atoms with van der Waals surface area (Å²) in [6.45, 7) is 2.00. The van der Waals surface area contributed by atoms with Crippen molar-refractivity contribution in [1.82, 2.24) is 9.55 Å². The second kappa shape index (κ2) is 9.44. The Bertz CT molecular complexity index is 1410. The number of para-hydroxylation sites is 1. The van der Waals surface area contributed by atoms with Gasteiger partial charge in [0.25, 0.3) is 5.56 Å². The highest BCUT2D eigenvalue weighted by atomic mass is 79.9. The number of carbonyl (C=O) groups is 1. The SMILES string of the molecule is Cc1ccc(NC(=O)CSc2nc3sc4c(c3c(=O)n2-c2ccccc2)CCCC4)c(Br)c1. The molecule has 1 N–H and O–H groups in total. The molecule has 0 saturated heterocycles. The van der Waals surface area contributed by atoms with E-state index in [2.05, 4.69) is 21.2 Å². The summed E-state index contributed by atoms with van der Waals surface area (Å²) in [5.74, 6) is -0.0000940. The predicted octanol–water partition coefficient (Wildman–Crippen LogP) is 6.13. The van der Waals surface area contributed by atoms with E-state index in [4.69, 9.17) is 4.98 Å². The van der Waals surface area contributed by atoms with E-state index >= 15 is 0 Å². The van der Waals surface area contributed by atoms with Gasteiger partial charge in [-0.25, -0.2) is 4.98 Å². The van der Waals surface area contributed by atoms with Gasteiger partial charge in [0, 0.05) is 9.35 Å². The van der Waals surface area contributed by atoms with E-state index in [1.807, 2.05) is 55.5 Å². The number of rotatable bonds is 5. The van der Waals surface area contributed by atoms with E-state index in [1.165, 1.54) is 22.2 Å². The molecule has 168 valence electrons. The van der Waals surface area contributed by atoms with Gasteiger partial charge < -0.3 is 5.32 Å². The van der Waals surface area contributed by atoms with E-state index < -0.39 is 0 Å². The number of nitrogens with zero attached hydrogens (tertiary/aromatic N) is 2. The molecule has 0 unspecified atom stereocenters. The maximum Gasteiger partial charge on any atom is 0.267 e. The molecule has 1 aliphatic carbocycles. The first-order valence-electron chi connectivity index (χ1n) is 10.8. The van der Waals surface area contributed by atoms with Gasteiger partial charge in [-0.05, 0) is 83.9 Å². The van der Waals surface area contributed by atoms with Crippen molar-refractivity contribution in [2.75, 3.05) is 11.1 Å². The van der Waals surface area contributed by atoms with E-state index in [0.717, 1.165) is 57.3 Å². The second-order valence-corrected chi connectivity index (χ2v) is 11.0. The summed E-state index contributed by atoms with van der Waals surface area (Å²) in [7, 11) is 0. The van der Waals surface area contributed by atoms with Crippen molar-refractivity contribution in [3.05, 3.63) is 79.4 Å². The Morgan fingerprint density at radius 3 is 2.76 bits per heavy atom. The van der Waals surface area contributed by atoms with Gasteiger partial charge in [-0.15, -0.1) is 11.3 Å². The average molecular weight is 541 g/mol. The zero-order valence-electron chi connectivity index (χ0n) is 18.1. The number of hydrogen-bond acceptors (Lipinski definition) is 5. The molecular weight excluding hydrogens is 518 g/mol. The summed E-state index contributed by atoms with van der Waals surface area (Å²) in [4.78, 5) is 33.4. The molecule has 1 aliphatic rings. The number of halogens is 1. The van der Waals surface area contributed by atoms with Gasteiger partial charge in [-0.3, -0.25) is 14.2 Å². The number of fused-ring (bicyclic) bond motifs is 3. The van der Waals surface area contributed by atoms with Crippen LogP contribution in [-0.4, -0.2) is 21.2 Å². The fourth-order valence-electron chi connectivity index (χ4n) is 4.13. The van der Waals surface area contributed by atoms with E-state index in [-0.39, 0.29) is 17.2 Å². The molecule has 2 heterocycles. The lowest BCUT2D eigenvalue weighted by Gasteiger charge is -2.14. The quantitative estimate of drug-likeness (QED) is 0.245. The van der Waals surface area contributed by atoms with Crippen molar-refractivity contribution in [1.29, 1.82) is 0 Å². The topological polar surface area (TPSA) is 64.0 Å². The maximum absolute atomic E-state index is 13.7. The highest BCUT2D eigenvalue weighted by Crippen LogP contribution is 2.35. The molecule has 0 radical (unpaired) electrons. The van der Waals surface area contributed by atoms with Crippen LogP contribution in [0.25, 0.3) is 15.9 Å². The van der Waals surface area contributed by atoms with Gasteiger partial charge in [0.15, 0.2) is 5.16 Å². The number of amides is 1. The predicted molar refractivity (Wildman–Crippen MR) is 140 cm³/mol. The van der Waals surface area contributed by atoms with Crippen LogP contribution in [0.3, 0.4) is 0 Å². The lowest BCUT2D eigenvalue weighted by Crippen LogP contribution is -2.23. The van der Waals surface area contributed by atoms with Gasteiger partial charge in [0.2, 0.25) is 5.91 Å². The Labute approximate surface area is 208 Å². The Kier molecular flexibility index (Phi) is 6.40. The Hall–Kier alpha value is -2.42. The van der Waals surface area contributed by atoms with Gasteiger partial charge in [0.1, 0.15) is 4.83 Å². The van der Waals surface area contributed by atoms with Crippen LogP contribution >= 0.6 is 39.0 Å². The molecule has 0 saturated carbocycles. The van der Waals surface area contributed by atoms with Crippen molar-refractivity contribution >= 4 is 60.8 Å². The molecule has 0 atom stereocenters. The van der Waals surface area contributed by atoms with Crippen molar-refractivity contribution in [2.45, 2.75) is 37.8 Å². The first kappa shape index (κ1) is 22.4. The fourth-order valence-corrected chi connectivity index (χ4v) is 6.83. The number of thiophene rings is 1. The minimum atomic E-state index is -0.149. The molecule has 0 aliphatic heterocycles. The Morgan fingerprint density at radius 1 is 1.18 bits per heavy atom. The first-order chi connectivity index (χ1) is 16.0. The summed E-state index contributed by atoms with van der Waals surface area (Å²) in [6.07, 6.45) is 4.21. The van der Waals surface area contributed by atoms with Crippen LogP contribution in [-0.2, 0) is 17.6 Å². The van der Waals surface area contributed by atoms with Crippen molar-refractivity contribution in [2.24, 2.45) is 0 Å². The highest BCUT2D eigenvalue weighted by molar-refractivity contribution is 9.10. The van der Waals surface area contributed by atoms with Gasteiger partial charge in [-0.2, -0.15) is 0 Å². The van der Waals surface area contributed by atoms with Gasteiger partial charge in [-0.1, -0.05) is 36.0 Å². The summed E-state index contributed by atoms with van der Waals surface area (Å²) < 4.78 is 2.50. The average Bonchev–Trinajstić information content (AvgIpc) is 3.19. The molecule has 0 bridgehead atoms.